The highest BCUT2D eigenvalue weighted by Gasteiger charge is 2.49. The third kappa shape index (κ3) is 3.61. The van der Waals surface area contributed by atoms with E-state index in [0.29, 0.717) is 12.5 Å². The van der Waals surface area contributed by atoms with Crippen molar-refractivity contribution >= 4 is 5.91 Å². The number of carbonyl (C=O) groups is 1. The van der Waals surface area contributed by atoms with Gasteiger partial charge >= 0.3 is 0 Å². The van der Waals surface area contributed by atoms with Crippen molar-refractivity contribution in [1.29, 1.82) is 0 Å². The number of nitrogens with zero attached hydrogens (tertiary/aromatic N) is 4. The van der Waals surface area contributed by atoms with Crippen molar-refractivity contribution < 1.29 is 13.9 Å². The number of amides is 1. The van der Waals surface area contributed by atoms with Crippen LogP contribution in [0.15, 0.2) is 36.5 Å². The zero-order chi connectivity index (χ0) is 19.0. The number of fused-ring (bicyclic) bond motifs is 1. The van der Waals surface area contributed by atoms with Gasteiger partial charge in [-0.2, -0.15) is 5.10 Å². The van der Waals surface area contributed by atoms with Crippen LogP contribution in [-0.4, -0.2) is 58.8 Å². The van der Waals surface area contributed by atoms with Crippen LogP contribution in [0.25, 0.3) is 0 Å². The molecule has 6 nitrogen and oxygen atoms in total. The molecule has 3 atom stereocenters. The van der Waals surface area contributed by atoms with Crippen LogP contribution < -0.4 is 0 Å². The van der Waals surface area contributed by atoms with Crippen molar-refractivity contribution in [1.82, 2.24) is 19.6 Å². The number of aromatic nitrogens is 2. The Bertz CT molecular complexity index is 824. The lowest BCUT2D eigenvalue weighted by atomic mass is 9.89. The molecule has 2 aliphatic rings. The van der Waals surface area contributed by atoms with E-state index in [9.17, 15) is 9.18 Å². The minimum absolute atomic E-state index is 0.0302. The third-order valence-electron chi connectivity index (χ3n) is 5.67. The van der Waals surface area contributed by atoms with Gasteiger partial charge in [0.1, 0.15) is 12.4 Å². The van der Waals surface area contributed by atoms with Crippen LogP contribution in [0.2, 0.25) is 0 Å². The van der Waals surface area contributed by atoms with E-state index in [0.717, 1.165) is 30.9 Å². The van der Waals surface area contributed by atoms with E-state index in [4.69, 9.17) is 4.74 Å². The molecule has 3 heterocycles. The molecule has 0 saturated carbocycles. The largest absolute Gasteiger partial charge is 0.375 e. The molecule has 0 bridgehead atoms. The number of rotatable bonds is 5. The number of halogens is 1. The number of methoxy groups -OCH3 is 1. The molecule has 7 heteroatoms. The smallest absolute Gasteiger partial charge is 0.249 e. The van der Waals surface area contributed by atoms with Crippen LogP contribution in [0.5, 0.6) is 0 Å². The first-order valence-electron chi connectivity index (χ1n) is 9.30. The third-order valence-corrected chi connectivity index (χ3v) is 5.67. The van der Waals surface area contributed by atoms with Gasteiger partial charge in [-0.15, -0.1) is 0 Å². The van der Waals surface area contributed by atoms with E-state index >= 15 is 0 Å². The molecule has 1 amide bonds. The highest BCUT2D eigenvalue weighted by atomic mass is 19.1. The van der Waals surface area contributed by atoms with Gasteiger partial charge in [0.15, 0.2) is 0 Å². The van der Waals surface area contributed by atoms with Gasteiger partial charge in [0.05, 0.1) is 11.7 Å². The van der Waals surface area contributed by atoms with Crippen molar-refractivity contribution in [3.05, 3.63) is 53.6 Å². The van der Waals surface area contributed by atoms with Crippen LogP contribution in [0, 0.1) is 17.7 Å². The van der Waals surface area contributed by atoms with Gasteiger partial charge < -0.3 is 9.64 Å². The van der Waals surface area contributed by atoms with Crippen molar-refractivity contribution in [3.8, 4) is 0 Å². The van der Waals surface area contributed by atoms with Crippen molar-refractivity contribution in [2.75, 3.05) is 33.4 Å². The second-order valence-corrected chi connectivity index (χ2v) is 7.58. The maximum absolute atomic E-state index is 13.9. The summed E-state index contributed by atoms with van der Waals surface area (Å²) in [4.78, 5) is 16.9. The number of carbonyl (C=O) groups excluding carboxylic acids is 1. The number of likely N-dealkylation sites (tertiary alicyclic amines) is 2. The normalized spacial score (nSPS) is 25.1. The molecule has 1 aromatic carbocycles. The van der Waals surface area contributed by atoms with Crippen LogP contribution >= 0.6 is 0 Å². The summed E-state index contributed by atoms with van der Waals surface area (Å²) in [5.74, 6) is 0.370. The van der Waals surface area contributed by atoms with Crippen molar-refractivity contribution in [2.45, 2.75) is 12.6 Å². The molecule has 0 aliphatic carbocycles. The molecule has 2 aliphatic heterocycles. The first-order chi connectivity index (χ1) is 13.0. The van der Waals surface area contributed by atoms with Gasteiger partial charge in [0.25, 0.3) is 0 Å². The van der Waals surface area contributed by atoms with Gasteiger partial charge in [-0.3, -0.25) is 14.4 Å². The molecule has 0 unspecified atom stereocenters. The van der Waals surface area contributed by atoms with E-state index in [-0.39, 0.29) is 30.3 Å². The molecule has 0 N–H and O–H groups in total. The van der Waals surface area contributed by atoms with Gasteiger partial charge in [-0.05, 0) is 29.7 Å². The summed E-state index contributed by atoms with van der Waals surface area (Å²) in [7, 11) is 3.45. The Balaban J connectivity index is 1.56. The molecule has 144 valence electrons. The summed E-state index contributed by atoms with van der Waals surface area (Å²) in [6, 6.07) is 8.57. The monoisotopic (exact) mass is 372 g/mol. The second kappa shape index (κ2) is 7.40. The summed E-state index contributed by atoms with van der Waals surface area (Å²) < 4.78 is 20.7. The van der Waals surface area contributed by atoms with Crippen LogP contribution in [0.3, 0.4) is 0 Å². The molecule has 2 aromatic rings. The average molecular weight is 372 g/mol. The predicted octanol–water partition coefficient (Wildman–Crippen LogP) is 1.84. The average Bonchev–Trinajstić information content (AvgIpc) is 3.29. The fourth-order valence-corrected chi connectivity index (χ4v) is 4.62. The van der Waals surface area contributed by atoms with E-state index in [1.165, 1.54) is 13.2 Å². The van der Waals surface area contributed by atoms with E-state index in [2.05, 4.69) is 10.00 Å². The minimum Gasteiger partial charge on any atom is -0.375 e. The summed E-state index contributed by atoms with van der Waals surface area (Å²) in [5.41, 5.74) is 1.92. The molecule has 27 heavy (non-hydrogen) atoms. The Kier molecular flexibility index (Phi) is 4.97. The molecule has 1 aromatic heterocycles. The Hall–Kier alpha value is -2.25. The van der Waals surface area contributed by atoms with Crippen LogP contribution in [0.1, 0.15) is 17.3 Å². The number of aryl methyl sites for hydroxylation is 1. The highest BCUT2D eigenvalue weighted by molar-refractivity contribution is 5.78. The predicted molar refractivity (Wildman–Crippen MR) is 98.2 cm³/mol. The summed E-state index contributed by atoms with van der Waals surface area (Å²) in [6.45, 7) is 3.34. The minimum atomic E-state index is -0.265. The van der Waals surface area contributed by atoms with Gasteiger partial charge in [0, 0.05) is 52.5 Å². The maximum Gasteiger partial charge on any atom is 0.249 e. The van der Waals surface area contributed by atoms with E-state index < -0.39 is 0 Å². The molecule has 4 rings (SSSR count). The van der Waals surface area contributed by atoms with Crippen molar-refractivity contribution in [2.24, 2.45) is 18.9 Å². The van der Waals surface area contributed by atoms with Gasteiger partial charge in [0.2, 0.25) is 5.91 Å². The van der Waals surface area contributed by atoms with E-state index in [1.807, 2.05) is 35.0 Å². The number of hydrogen-bond donors (Lipinski definition) is 0. The lowest BCUT2D eigenvalue weighted by Crippen LogP contribution is -2.37. The zero-order valence-corrected chi connectivity index (χ0v) is 15.7. The molecule has 0 spiro atoms. The Morgan fingerprint density at radius 2 is 2.15 bits per heavy atom. The number of ether oxygens (including phenoxy) is 1. The Labute approximate surface area is 158 Å². The molecular formula is C20H25FN4O2. The van der Waals surface area contributed by atoms with Crippen LogP contribution in [-0.2, 0) is 23.1 Å². The fraction of sp³-hybridized carbons (Fsp3) is 0.500. The number of benzene rings is 1. The Morgan fingerprint density at radius 1 is 1.30 bits per heavy atom. The second-order valence-electron chi connectivity index (χ2n) is 7.58. The number of hydrogen-bond acceptors (Lipinski definition) is 4. The maximum atomic E-state index is 13.9. The molecular weight excluding hydrogens is 347 g/mol. The standard InChI is InChI=1S/C20H25FN4O2/c1-23-7-6-17(22-23)11-24-9-15-10-25(19(26)13-27-2)20(18(15)12-24)14-4-3-5-16(21)8-14/h3-8,15,18,20H,9-13H2,1-2H3/t15-,18-,20+/m1/s1. The lowest BCUT2D eigenvalue weighted by molar-refractivity contribution is -0.136. The van der Waals surface area contributed by atoms with Gasteiger partial charge in [-0.1, -0.05) is 12.1 Å². The van der Waals surface area contributed by atoms with Crippen LogP contribution in [0.4, 0.5) is 4.39 Å². The van der Waals surface area contributed by atoms with Gasteiger partial charge in [-0.25, -0.2) is 4.39 Å². The SMILES string of the molecule is COCC(=O)N1C[C@H]2CN(Cc3ccn(C)n3)C[C@H]2[C@@H]1c1cccc(F)c1. The summed E-state index contributed by atoms with van der Waals surface area (Å²) in [6.07, 6.45) is 1.95. The zero-order valence-electron chi connectivity index (χ0n) is 15.7. The summed E-state index contributed by atoms with van der Waals surface area (Å²) in [5, 5.41) is 4.47. The fourth-order valence-electron chi connectivity index (χ4n) is 4.62. The first kappa shape index (κ1) is 18.1. The summed E-state index contributed by atoms with van der Waals surface area (Å²) >= 11 is 0. The molecule has 2 fully saturated rings. The highest BCUT2D eigenvalue weighted by Crippen LogP contribution is 2.45. The quantitative estimate of drug-likeness (QED) is 0.804. The lowest BCUT2D eigenvalue weighted by Gasteiger charge is -2.29. The van der Waals surface area contributed by atoms with E-state index in [1.54, 1.807) is 12.1 Å². The van der Waals surface area contributed by atoms with Crippen molar-refractivity contribution in [3.63, 3.8) is 0 Å². The Morgan fingerprint density at radius 3 is 2.85 bits per heavy atom. The molecule has 0 radical (unpaired) electrons. The molecule has 2 saturated heterocycles. The first-order valence-corrected chi connectivity index (χ1v) is 9.30. The topological polar surface area (TPSA) is 50.6 Å².